The Hall–Kier alpha value is -2.46. The number of rotatable bonds is 6. The van der Waals surface area contributed by atoms with Gasteiger partial charge in [0, 0.05) is 0 Å². The van der Waals surface area contributed by atoms with Gasteiger partial charge in [-0.3, -0.25) is 9.80 Å². The zero-order valence-electron chi connectivity index (χ0n) is 21.6. The molecule has 0 N–H and O–H groups in total. The fourth-order valence-corrected chi connectivity index (χ4v) is 5.76. The zero-order chi connectivity index (χ0) is 23.9. The summed E-state index contributed by atoms with van der Waals surface area (Å²) in [4.78, 5) is 20.3. The number of imidazole rings is 2. The first-order valence-corrected chi connectivity index (χ1v) is 13.2. The summed E-state index contributed by atoms with van der Waals surface area (Å²) >= 11 is 0. The van der Waals surface area contributed by atoms with Crippen LogP contribution in [0.1, 0.15) is 25.7 Å². The van der Waals surface area contributed by atoms with Gasteiger partial charge in [-0.05, 0) is 88.3 Å². The number of hydrogen-bond donors (Lipinski definition) is 0. The maximum Gasteiger partial charge on any atom is 2.00 e. The van der Waals surface area contributed by atoms with Crippen molar-refractivity contribution in [2.45, 2.75) is 39.0 Å². The summed E-state index contributed by atoms with van der Waals surface area (Å²) in [7, 11) is 0. The number of nitrogens with zero attached hydrogens (tertiary/aromatic N) is 7. The normalized spacial score (nSPS) is 15.8. The molecular weight excluding hydrogens is 576 g/mol. The Balaban J connectivity index is 0.00000118. The number of aromatic nitrogens is 5. The smallest absolute Gasteiger partial charge is 1.00 e. The van der Waals surface area contributed by atoms with Crippen molar-refractivity contribution in [1.82, 2.24) is 33.9 Å². The van der Waals surface area contributed by atoms with E-state index in [1.807, 2.05) is 0 Å². The third-order valence-corrected chi connectivity index (χ3v) is 7.60. The number of pyridine rings is 1. The SMILES string of the molecule is [Cl-].[Cl-].[Co+2].c1cc(-c2nc3ccccc3n2CN2CCCC2)nc(-c2nc3ccccc3n2CN2CCCC2)c1. The predicted octanol–water partition coefficient (Wildman–Crippen LogP) is -0.773. The van der Waals surface area contributed by atoms with E-state index in [0.717, 1.165) is 84.6 Å². The fraction of sp³-hybridized carbons (Fsp3) is 0.345. The molecule has 0 saturated carbocycles. The van der Waals surface area contributed by atoms with E-state index >= 15 is 0 Å². The van der Waals surface area contributed by atoms with Gasteiger partial charge in [0.25, 0.3) is 0 Å². The number of para-hydroxylation sites is 4. The molecule has 7 rings (SSSR count). The van der Waals surface area contributed by atoms with Crippen molar-refractivity contribution in [1.29, 1.82) is 0 Å². The van der Waals surface area contributed by atoms with Crippen LogP contribution in [0.25, 0.3) is 45.1 Å². The second-order valence-electron chi connectivity index (χ2n) is 10.0. The van der Waals surface area contributed by atoms with Crippen molar-refractivity contribution in [3.05, 3.63) is 66.7 Å². The Labute approximate surface area is 251 Å². The average molecular weight is 607 g/mol. The van der Waals surface area contributed by atoms with Crippen LogP contribution in [-0.2, 0) is 30.1 Å². The minimum Gasteiger partial charge on any atom is -1.00 e. The van der Waals surface area contributed by atoms with Crippen LogP contribution in [-0.4, -0.2) is 60.1 Å². The quantitative estimate of drug-likeness (QED) is 0.254. The van der Waals surface area contributed by atoms with E-state index < -0.39 is 0 Å². The van der Waals surface area contributed by atoms with Crippen LogP contribution in [0.5, 0.6) is 0 Å². The molecule has 0 unspecified atom stereocenters. The molecule has 2 fully saturated rings. The minimum atomic E-state index is 0. The van der Waals surface area contributed by atoms with Crippen LogP contribution in [0.2, 0.25) is 0 Å². The molecule has 0 spiro atoms. The van der Waals surface area contributed by atoms with Crippen LogP contribution < -0.4 is 24.8 Å². The monoisotopic (exact) mass is 606 g/mol. The second-order valence-corrected chi connectivity index (χ2v) is 10.0. The summed E-state index contributed by atoms with van der Waals surface area (Å²) in [6.45, 7) is 6.24. The number of likely N-dealkylation sites (tertiary alicyclic amines) is 2. The average Bonchev–Trinajstić information content (AvgIpc) is 3.73. The van der Waals surface area contributed by atoms with E-state index in [2.05, 4.69) is 85.7 Å². The molecule has 7 nitrogen and oxygen atoms in total. The molecule has 0 aliphatic carbocycles. The third kappa shape index (κ3) is 5.73. The Kier molecular flexibility index (Phi) is 9.69. The Morgan fingerprint density at radius 3 is 1.36 bits per heavy atom. The summed E-state index contributed by atoms with van der Waals surface area (Å²) < 4.78 is 4.67. The van der Waals surface area contributed by atoms with Gasteiger partial charge in [0.1, 0.15) is 11.4 Å². The van der Waals surface area contributed by atoms with E-state index in [9.17, 15) is 0 Å². The summed E-state index contributed by atoms with van der Waals surface area (Å²) in [5.74, 6) is 1.85. The predicted molar refractivity (Wildman–Crippen MR) is 143 cm³/mol. The van der Waals surface area contributed by atoms with Crippen LogP contribution in [0, 0.1) is 0 Å². The molecule has 5 aromatic rings. The number of benzene rings is 2. The largest absolute Gasteiger partial charge is 2.00 e. The molecule has 0 bridgehead atoms. The maximum absolute atomic E-state index is 5.17. The van der Waals surface area contributed by atoms with Gasteiger partial charge in [0.15, 0.2) is 11.6 Å². The first kappa shape index (κ1) is 29.5. The van der Waals surface area contributed by atoms with Crippen LogP contribution >= 0.6 is 0 Å². The van der Waals surface area contributed by atoms with Gasteiger partial charge in [-0.15, -0.1) is 0 Å². The van der Waals surface area contributed by atoms with Crippen molar-refractivity contribution in [3.8, 4) is 23.0 Å². The van der Waals surface area contributed by atoms with E-state index in [4.69, 9.17) is 15.0 Å². The van der Waals surface area contributed by atoms with E-state index in [1.54, 1.807) is 0 Å². The molecule has 0 amide bonds. The topological polar surface area (TPSA) is 55.0 Å². The number of halogens is 2. The van der Waals surface area contributed by atoms with Crippen LogP contribution in [0.15, 0.2) is 66.7 Å². The van der Waals surface area contributed by atoms with Crippen LogP contribution in [0.4, 0.5) is 0 Å². The van der Waals surface area contributed by atoms with E-state index in [0.29, 0.717) is 0 Å². The fourth-order valence-electron chi connectivity index (χ4n) is 5.76. The summed E-state index contributed by atoms with van der Waals surface area (Å²) in [5, 5.41) is 0. The molecule has 2 saturated heterocycles. The molecule has 39 heavy (non-hydrogen) atoms. The Morgan fingerprint density at radius 1 is 0.513 bits per heavy atom. The minimum absolute atomic E-state index is 0. The van der Waals surface area contributed by atoms with E-state index in [-0.39, 0.29) is 41.6 Å². The Bertz CT molecular complexity index is 1430. The van der Waals surface area contributed by atoms with Gasteiger partial charge in [0.2, 0.25) is 0 Å². The first-order valence-electron chi connectivity index (χ1n) is 13.2. The van der Waals surface area contributed by atoms with Crippen molar-refractivity contribution in [2.24, 2.45) is 0 Å². The number of hydrogen-bond acceptors (Lipinski definition) is 5. The van der Waals surface area contributed by atoms with Gasteiger partial charge in [-0.25, -0.2) is 15.0 Å². The summed E-state index contributed by atoms with van der Waals surface area (Å²) in [5.41, 5.74) is 6.13. The molecule has 2 aromatic carbocycles. The summed E-state index contributed by atoms with van der Waals surface area (Å²) in [6, 6.07) is 23.1. The van der Waals surface area contributed by atoms with Gasteiger partial charge in [-0.2, -0.15) is 0 Å². The van der Waals surface area contributed by atoms with Crippen LogP contribution in [0.3, 0.4) is 0 Å². The Morgan fingerprint density at radius 2 is 0.923 bits per heavy atom. The molecule has 2 aliphatic rings. The molecule has 3 aromatic heterocycles. The standard InChI is InChI=1S/C29H31N7.2ClH.Co/c1-3-14-26-22(10-1)31-28(35(26)20-33-16-5-6-17-33)24-12-9-13-25(30-24)29-32-23-11-2-4-15-27(23)36(29)21-34-18-7-8-19-34;;;/h1-4,9-15H,5-8,16-21H2;2*1H;/q;;;+2/p-2. The molecular formula is C29H31Cl2CoN7. The second kappa shape index (κ2) is 12.8. The molecule has 10 heteroatoms. The molecule has 205 valence electrons. The molecule has 5 heterocycles. The molecule has 2 aliphatic heterocycles. The van der Waals surface area contributed by atoms with Gasteiger partial charge >= 0.3 is 16.8 Å². The van der Waals surface area contributed by atoms with Gasteiger partial charge < -0.3 is 33.9 Å². The third-order valence-electron chi connectivity index (χ3n) is 7.60. The first-order chi connectivity index (χ1) is 17.8. The van der Waals surface area contributed by atoms with Gasteiger partial charge in [0.05, 0.1) is 35.4 Å². The van der Waals surface area contributed by atoms with E-state index in [1.165, 1.54) is 25.7 Å². The molecule has 0 atom stereocenters. The summed E-state index contributed by atoms with van der Waals surface area (Å²) in [6.07, 6.45) is 5.07. The number of fused-ring (bicyclic) bond motifs is 2. The maximum atomic E-state index is 5.17. The van der Waals surface area contributed by atoms with Crippen molar-refractivity contribution >= 4 is 22.1 Å². The van der Waals surface area contributed by atoms with Crippen molar-refractivity contribution < 1.29 is 41.6 Å². The van der Waals surface area contributed by atoms with Gasteiger partial charge in [-0.1, -0.05) is 30.3 Å². The van der Waals surface area contributed by atoms with Crippen molar-refractivity contribution in [3.63, 3.8) is 0 Å². The molecule has 1 radical (unpaired) electrons. The zero-order valence-corrected chi connectivity index (χ0v) is 24.2. The van der Waals surface area contributed by atoms with Crippen molar-refractivity contribution in [2.75, 3.05) is 26.2 Å².